The maximum Gasteiger partial charge on any atom is 0.244 e. The highest BCUT2D eigenvalue weighted by molar-refractivity contribution is 9.10. The fraction of sp³-hybridized carbons (Fsp3) is 0.500. The third-order valence-corrected chi connectivity index (χ3v) is 6.35. The molecule has 0 aromatic heterocycles. The summed E-state index contributed by atoms with van der Waals surface area (Å²) in [6.45, 7) is 3.76. The van der Waals surface area contributed by atoms with E-state index in [1.54, 1.807) is 12.1 Å². The van der Waals surface area contributed by atoms with Crippen LogP contribution in [-0.2, 0) is 10.0 Å². The third kappa shape index (κ3) is 2.94. The van der Waals surface area contributed by atoms with Crippen molar-refractivity contribution in [2.75, 3.05) is 32.4 Å². The molecule has 1 atom stereocenters. The number of hydrogen-bond acceptors (Lipinski definition) is 4. The molecule has 1 saturated heterocycles. The number of halogens is 1. The van der Waals surface area contributed by atoms with Crippen molar-refractivity contribution >= 4 is 31.6 Å². The molecule has 1 aromatic carbocycles. The van der Waals surface area contributed by atoms with Crippen LogP contribution < -0.4 is 5.73 Å². The lowest BCUT2D eigenvalue weighted by Gasteiger charge is -2.36. The van der Waals surface area contributed by atoms with Gasteiger partial charge in [-0.25, -0.2) is 8.42 Å². The minimum Gasteiger partial charge on any atom is -0.399 e. The molecule has 0 saturated carbocycles. The predicted octanol–water partition coefficient (Wildman–Crippen LogP) is 1.36. The smallest absolute Gasteiger partial charge is 0.244 e. The zero-order chi connectivity index (χ0) is 14.2. The summed E-state index contributed by atoms with van der Waals surface area (Å²) in [5.74, 6) is 0. The first-order valence-electron chi connectivity index (χ1n) is 6.08. The van der Waals surface area contributed by atoms with Crippen LogP contribution in [0.1, 0.15) is 6.92 Å². The topological polar surface area (TPSA) is 66.6 Å². The number of likely N-dealkylation sites (N-methyl/N-ethyl adjacent to an activating group) is 1. The zero-order valence-corrected chi connectivity index (χ0v) is 13.4. The van der Waals surface area contributed by atoms with E-state index in [4.69, 9.17) is 5.73 Å². The average molecular weight is 348 g/mol. The summed E-state index contributed by atoms with van der Waals surface area (Å²) < 4.78 is 27.3. The normalized spacial score (nSPS) is 22.6. The van der Waals surface area contributed by atoms with Gasteiger partial charge in [0.1, 0.15) is 0 Å². The quantitative estimate of drug-likeness (QED) is 0.820. The SMILES string of the molecule is CC1CN(S(=O)(=O)c2cc(N)ccc2Br)CCN1C. The Morgan fingerprint density at radius 2 is 2.05 bits per heavy atom. The molecule has 0 amide bonds. The number of hydrogen-bond donors (Lipinski definition) is 1. The first-order chi connectivity index (χ1) is 8.82. The van der Waals surface area contributed by atoms with Gasteiger partial charge in [-0.3, -0.25) is 0 Å². The zero-order valence-electron chi connectivity index (χ0n) is 11.0. The van der Waals surface area contributed by atoms with E-state index in [1.165, 1.54) is 10.4 Å². The van der Waals surface area contributed by atoms with Gasteiger partial charge < -0.3 is 10.6 Å². The van der Waals surface area contributed by atoms with Crippen LogP contribution in [-0.4, -0.2) is 50.3 Å². The number of sulfonamides is 1. The van der Waals surface area contributed by atoms with Crippen LogP contribution in [0.3, 0.4) is 0 Å². The van der Waals surface area contributed by atoms with E-state index in [9.17, 15) is 8.42 Å². The van der Waals surface area contributed by atoms with E-state index in [-0.39, 0.29) is 10.9 Å². The van der Waals surface area contributed by atoms with Crippen molar-refractivity contribution in [3.05, 3.63) is 22.7 Å². The number of rotatable bonds is 2. The molecular formula is C12H18BrN3O2S. The molecule has 1 aromatic rings. The summed E-state index contributed by atoms with van der Waals surface area (Å²) in [4.78, 5) is 2.39. The van der Waals surface area contributed by atoms with Crippen molar-refractivity contribution < 1.29 is 8.42 Å². The molecule has 19 heavy (non-hydrogen) atoms. The van der Waals surface area contributed by atoms with Crippen molar-refractivity contribution in [3.8, 4) is 0 Å². The molecule has 0 spiro atoms. The van der Waals surface area contributed by atoms with Gasteiger partial charge in [0.05, 0.1) is 4.90 Å². The van der Waals surface area contributed by atoms with Crippen molar-refractivity contribution in [2.45, 2.75) is 17.9 Å². The Hall–Kier alpha value is -0.630. The summed E-state index contributed by atoms with van der Waals surface area (Å²) in [6.07, 6.45) is 0. The van der Waals surface area contributed by atoms with Gasteiger partial charge in [-0.15, -0.1) is 0 Å². The van der Waals surface area contributed by atoms with Crippen LogP contribution in [0.15, 0.2) is 27.6 Å². The minimum atomic E-state index is -3.49. The maximum atomic E-state index is 12.6. The lowest BCUT2D eigenvalue weighted by atomic mass is 10.2. The van der Waals surface area contributed by atoms with E-state index in [0.717, 1.165) is 6.54 Å². The highest BCUT2D eigenvalue weighted by Crippen LogP contribution is 2.28. The molecule has 0 aliphatic carbocycles. The Morgan fingerprint density at radius 3 is 2.68 bits per heavy atom. The van der Waals surface area contributed by atoms with Gasteiger partial charge in [-0.2, -0.15) is 4.31 Å². The van der Waals surface area contributed by atoms with Crippen LogP contribution in [0.2, 0.25) is 0 Å². The summed E-state index contributed by atoms with van der Waals surface area (Å²) >= 11 is 3.29. The first-order valence-corrected chi connectivity index (χ1v) is 8.31. The van der Waals surface area contributed by atoms with Crippen LogP contribution in [0.4, 0.5) is 5.69 Å². The molecular weight excluding hydrogens is 330 g/mol. The van der Waals surface area contributed by atoms with E-state index >= 15 is 0 Å². The Labute approximate surface area is 122 Å². The molecule has 1 aliphatic heterocycles. The van der Waals surface area contributed by atoms with Crippen LogP contribution in [0.5, 0.6) is 0 Å². The third-order valence-electron chi connectivity index (χ3n) is 3.50. The van der Waals surface area contributed by atoms with Gasteiger partial charge in [0, 0.05) is 35.8 Å². The highest BCUT2D eigenvalue weighted by atomic mass is 79.9. The summed E-state index contributed by atoms with van der Waals surface area (Å²) in [5.41, 5.74) is 6.14. The van der Waals surface area contributed by atoms with Crippen molar-refractivity contribution in [2.24, 2.45) is 0 Å². The number of nitrogens with two attached hydrogens (primary N) is 1. The molecule has 5 nitrogen and oxygen atoms in total. The predicted molar refractivity (Wildman–Crippen MR) is 79.4 cm³/mol. The molecule has 0 radical (unpaired) electrons. The molecule has 1 unspecified atom stereocenters. The number of anilines is 1. The Kier molecular flexibility index (Phi) is 4.20. The van der Waals surface area contributed by atoms with Crippen molar-refractivity contribution in [1.82, 2.24) is 9.21 Å². The van der Waals surface area contributed by atoms with Crippen molar-refractivity contribution in [1.29, 1.82) is 0 Å². The van der Waals surface area contributed by atoms with E-state index in [1.807, 2.05) is 14.0 Å². The van der Waals surface area contributed by atoms with E-state index in [0.29, 0.717) is 23.2 Å². The number of benzene rings is 1. The van der Waals surface area contributed by atoms with Gasteiger partial charge in [0.25, 0.3) is 0 Å². The van der Waals surface area contributed by atoms with Crippen molar-refractivity contribution in [3.63, 3.8) is 0 Å². The van der Waals surface area contributed by atoms with E-state index < -0.39 is 10.0 Å². The largest absolute Gasteiger partial charge is 0.399 e. The van der Waals surface area contributed by atoms with Gasteiger partial charge in [0.2, 0.25) is 10.0 Å². The van der Waals surface area contributed by atoms with Gasteiger partial charge in [-0.05, 0) is 48.1 Å². The molecule has 1 fully saturated rings. The highest BCUT2D eigenvalue weighted by Gasteiger charge is 2.32. The molecule has 106 valence electrons. The molecule has 0 bridgehead atoms. The molecule has 1 heterocycles. The second-order valence-corrected chi connectivity index (χ2v) is 7.64. The van der Waals surface area contributed by atoms with Gasteiger partial charge >= 0.3 is 0 Å². The average Bonchev–Trinajstić information content (AvgIpc) is 2.35. The lowest BCUT2D eigenvalue weighted by molar-refractivity contribution is 0.159. The second-order valence-electron chi connectivity index (χ2n) is 4.88. The number of nitrogens with zero attached hydrogens (tertiary/aromatic N) is 2. The Morgan fingerprint density at radius 1 is 1.37 bits per heavy atom. The number of nitrogen functional groups attached to an aromatic ring is 1. The van der Waals surface area contributed by atoms with Crippen LogP contribution >= 0.6 is 15.9 Å². The second kappa shape index (κ2) is 5.40. The molecule has 7 heteroatoms. The fourth-order valence-electron chi connectivity index (χ4n) is 2.09. The first kappa shape index (κ1) is 14.8. The summed E-state index contributed by atoms with van der Waals surface area (Å²) in [5, 5.41) is 0. The Balaban J connectivity index is 2.35. The molecule has 1 aliphatic rings. The minimum absolute atomic E-state index is 0.211. The molecule has 2 N–H and O–H groups in total. The molecule has 2 rings (SSSR count). The Bertz CT molecular complexity index is 576. The van der Waals surface area contributed by atoms with E-state index in [2.05, 4.69) is 20.8 Å². The fourth-order valence-corrected chi connectivity index (χ4v) is 4.56. The maximum absolute atomic E-state index is 12.6. The van der Waals surface area contributed by atoms with Gasteiger partial charge in [0.15, 0.2) is 0 Å². The standard InChI is InChI=1S/C12H18BrN3O2S/c1-9-8-16(6-5-15(9)2)19(17,18)12-7-10(14)3-4-11(12)13/h3-4,7,9H,5-6,8,14H2,1-2H3. The monoisotopic (exact) mass is 347 g/mol. The summed E-state index contributed by atoms with van der Waals surface area (Å²) in [6, 6.07) is 5.06. The lowest BCUT2D eigenvalue weighted by Crippen LogP contribution is -2.51. The number of piperazine rings is 1. The summed E-state index contributed by atoms with van der Waals surface area (Å²) in [7, 11) is -1.49. The van der Waals surface area contributed by atoms with Crippen LogP contribution in [0.25, 0.3) is 0 Å². The van der Waals surface area contributed by atoms with Crippen LogP contribution in [0, 0.1) is 0 Å². The van der Waals surface area contributed by atoms with Gasteiger partial charge in [-0.1, -0.05) is 0 Å².